The number of rotatable bonds is 5. The number of fused-ring (bicyclic) bond motifs is 1. The minimum Gasteiger partial charge on any atom is -0.493 e. The fourth-order valence-corrected chi connectivity index (χ4v) is 2.97. The van der Waals surface area contributed by atoms with Gasteiger partial charge in [0.15, 0.2) is 18.1 Å². The van der Waals surface area contributed by atoms with Crippen molar-refractivity contribution in [3.63, 3.8) is 0 Å². The molecule has 0 bridgehead atoms. The first-order chi connectivity index (χ1) is 12.0. The fraction of sp³-hybridized carbons (Fsp3) is 0.263. The number of benzene rings is 2. The highest BCUT2D eigenvalue weighted by Gasteiger charge is 2.36. The zero-order valence-electron chi connectivity index (χ0n) is 14.1. The summed E-state index contributed by atoms with van der Waals surface area (Å²) in [5, 5.41) is 9.38. The maximum absolute atomic E-state index is 12.6. The SMILES string of the molecule is COc1cc(C)ccc1OCC(=O)N1CC(C(=O)O)c2ccccc21. The largest absolute Gasteiger partial charge is 0.493 e. The van der Waals surface area contributed by atoms with Crippen LogP contribution in [0, 0.1) is 6.92 Å². The van der Waals surface area contributed by atoms with Gasteiger partial charge in [0, 0.05) is 12.2 Å². The number of carboxylic acids is 1. The van der Waals surface area contributed by atoms with Gasteiger partial charge in [-0.25, -0.2) is 0 Å². The monoisotopic (exact) mass is 341 g/mol. The molecule has 25 heavy (non-hydrogen) atoms. The van der Waals surface area contributed by atoms with Gasteiger partial charge in [0.1, 0.15) is 5.92 Å². The molecule has 0 saturated carbocycles. The van der Waals surface area contributed by atoms with Crippen LogP contribution in [0.5, 0.6) is 11.5 Å². The molecular weight excluding hydrogens is 322 g/mol. The average molecular weight is 341 g/mol. The number of para-hydroxylation sites is 1. The Hall–Kier alpha value is -3.02. The van der Waals surface area contributed by atoms with E-state index < -0.39 is 11.9 Å². The molecule has 3 rings (SSSR count). The van der Waals surface area contributed by atoms with E-state index in [1.165, 1.54) is 12.0 Å². The van der Waals surface area contributed by atoms with Crippen molar-refractivity contribution in [2.24, 2.45) is 0 Å². The molecule has 0 spiro atoms. The van der Waals surface area contributed by atoms with E-state index in [1.54, 1.807) is 30.3 Å². The molecule has 130 valence electrons. The van der Waals surface area contributed by atoms with Crippen molar-refractivity contribution in [2.75, 3.05) is 25.2 Å². The number of carbonyl (C=O) groups is 2. The third-order valence-corrected chi connectivity index (χ3v) is 4.24. The van der Waals surface area contributed by atoms with E-state index in [1.807, 2.05) is 19.1 Å². The highest BCUT2D eigenvalue weighted by atomic mass is 16.5. The number of amides is 1. The van der Waals surface area contributed by atoms with Crippen LogP contribution in [0.25, 0.3) is 0 Å². The fourth-order valence-electron chi connectivity index (χ4n) is 2.97. The van der Waals surface area contributed by atoms with Gasteiger partial charge in [-0.15, -0.1) is 0 Å². The lowest BCUT2D eigenvalue weighted by Crippen LogP contribution is -2.35. The number of nitrogens with zero attached hydrogens (tertiary/aromatic N) is 1. The first-order valence-electron chi connectivity index (χ1n) is 7.91. The summed E-state index contributed by atoms with van der Waals surface area (Å²) in [4.78, 5) is 25.5. The maximum atomic E-state index is 12.6. The topological polar surface area (TPSA) is 76.1 Å². The molecule has 2 aromatic rings. The van der Waals surface area contributed by atoms with Crippen LogP contribution in [-0.2, 0) is 9.59 Å². The summed E-state index contributed by atoms with van der Waals surface area (Å²) in [7, 11) is 1.54. The lowest BCUT2D eigenvalue weighted by Gasteiger charge is -2.18. The van der Waals surface area contributed by atoms with Crippen LogP contribution in [0.4, 0.5) is 5.69 Å². The van der Waals surface area contributed by atoms with Crippen LogP contribution in [0.1, 0.15) is 17.0 Å². The smallest absolute Gasteiger partial charge is 0.312 e. The number of anilines is 1. The van der Waals surface area contributed by atoms with Gasteiger partial charge in [0.25, 0.3) is 5.91 Å². The highest BCUT2D eigenvalue weighted by Crippen LogP contribution is 2.36. The van der Waals surface area contributed by atoms with Crippen molar-refractivity contribution in [3.05, 3.63) is 53.6 Å². The minimum atomic E-state index is -0.941. The Bertz CT molecular complexity index is 817. The Morgan fingerprint density at radius 3 is 2.68 bits per heavy atom. The van der Waals surface area contributed by atoms with E-state index >= 15 is 0 Å². The van der Waals surface area contributed by atoms with Gasteiger partial charge in [-0.2, -0.15) is 0 Å². The van der Waals surface area contributed by atoms with E-state index in [0.29, 0.717) is 22.7 Å². The van der Waals surface area contributed by atoms with Crippen LogP contribution in [0.2, 0.25) is 0 Å². The summed E-state index contributed by atoms with van der Waals surface area (Å²) in [5.74, 6) is -0.918. The molecule has 1 aliphatic rings. The lowest BCUT2D eigenvalue weighted by atomic mass is 10.0. The number of methoxy groups -OCH3 is 1. The normalized spacial score (nSPS) is 15.6. The number of hydrogen-bond donors (Lipinski definition) is 1. The second-order valence-corrected chi connectivity index (χ2v) is 5.90. The predicted molar refractivity (Wildman–Crippen MR) is 92.4 cm³/mol. The average Bonchev–Trinajstić information content (AvgIpc) is 3.00. The maximum Gasteiger partial charge on any atom is 0.312 e. The van der Waals surface area contributed by atoms with Gasteiger partial charge in [0.2, 0.25) is 0 Å². The molecule has 2 aromatic carbocycles. The summed E-state index contributed by atoms with van der Waals surface area (Å²) in [5.41, 5.74) is 2.30. The molecule has 0 saturated heterocycles. The third-order valence-electron chi connectivity index (χ3n) is 4.24. The quantitative estimate of drug-likeness (QED) is 0.905. The van der Waals surface area contributed by atoms with Crippen molar-refractivity contribution in [1.29, 1.82) is 0 Å². The Kier molecular flexibility index (Phi) is 4.61. The van der Waals surface area contributed by atoms with Crippen LogP contribution in [-0.4, -0.2) is 37.2 Å². The predicted octanol–water partition coefficient (Wildman–Crippen LogP) is 2.60. The summed E-state index contributed by atoms with van der Waals surface area (Å²) in [6.07, 6.45) is 0. The van der Waals surface area contributed by atoms with Crippen molar-refractivity contribution in [2.45, 2.75) is 12.8 Å². The number of carboxylic acid groups (broad SMARTS) is 1. The van der Waals surface area contributed by atoms with Crippen LogP contribution in [0.3, 0.4) is 0 Å². The standard InChI is InChI=1S/C19H19NO5/c1-12-7-8-16(17(9-12)24-2)25-11-18(21)20-10-14(19(22)23)13-5-3-4-6-15(13)20/h3-9,14H,10-11H2,1-2H3,(H,22,23). The van der Waals surface area contributed by atoms with Crippen molar-refractivity contribution < 1.29 is 24.2 Å². The molecule has 1 aliphatic heterocycles. The van der Waals surface area contributed by atoms with Gasteiger partial charge < -0.3 is 19.5 Å². The molecule has 6 nitrogen and oxygen atoms in total. The van der Waals surface area contributed by atoms with Gasteiger partial charge in [0.05, 0.1) is 7.11 Å². The molecule has 1 heterocycles. The van der Waals surface area contributed by atoms with Crippen molar-refractivity contribution in [1.82, 2.24) is 0 Å². The first-order valence-corrected chi connectivity index (χ1v) is 7.91. The number of aliphatic carboxylic acids is 1. The van der Waals surface area contributed by atoms with E-state index in [4.69, 9.17) is 9.47 Å². The Balaban J connectivity index is 1.75. The minimum absolute atomic E-state index is 0.113. The lowest BCUT2D eigenvalue weighted by molar-refractivity contribution is -0.138. The number of hydrogen-bond acceptors (Lipinski definition) is 4. The Labute approximate surface area is 145 Å². The van der Waals surface area contributed by atoms with Gasteiger partial charge in [-0.3, -0.25) is 9.59 Å². The molecule has 1 N–H and O–H groups in total. The summed E-state index contributed by atoms with van der Waals surface area (Å²) in [6.45, 7) is 1.85. The molecule has 1 atom stereocenters. The third kappa shape index (κ3) is 3.28. The van der Waals surface area contributed by atoms with E-state index in [2.05, 4.69) is 0 Å². The van der Waals surface area contributed by atoms with Crippen LogP contribution in [0.15, 0.2) is 42.5 Å². The van der Waals surface area contributed by atoms with Gasteiger partial charge in [-0.1, -0.05) is 24.3 Å². The van der Waals surface area contributed by atoms with E-state index in [0.717, 1.165) is 5.56 Å². The zero-order chi connectivity index (χ0) is 18.0. The molecule has 6 heteroatoms. The molecule has 0 radical (unpaired) electrons. The molecule has 0 aromatic heterocycles. The van der Waals surface area contributed by atoms with Crippen molar-refractivity contribution in [3.8, 4) is 11.5 Å². The van der Waals surface area contributed by atoms with Gasteiger partial charge in [-0.05, 0) is 36.2 Å². The Morgan fingerprint density at radius 2 is 1.96 bits per heavy atom. The summed E-state index contributed by atoms with van der Waals surface area (Å²) < 4.78 is 10.9. The van der Waals surface area contributed by atoms with Crippen molar-refractivity contribution >= 4 is 17.6 Å². The van der Waals surface area contributed by atoms with E-state index in [-0.39, 0.29) is 19.1 Å². The van der Waals surface area contributed by atoms with E-state index in [9.17, 15) is 14.7 Å². The molecule has 0 aliphatic carbocycles. The summed E-state index contributed by atoms with van der Waals surface area (Å²) in [6, 6.07) is 12.5. The molecule has 1 unspecified atom stereocenters. The molecule has 0 fully saturated rings. The number of carbonyl (C=O) groups excluding carboxylic acids is 1. The van der Waals surface area contributed by atoms with Crippen LogP contribution >= 0.6 is 0 Å². The summed E-state index contributed by atoms with van der Waals surface area (Å²) >= 11 is 0. The number of aryl methyl sites for hydroxylation is 1. The molecular formula is C19H19NO5. The first kappa shape index (κ1) is 16.8. The number of ether oxygens (including phenoxy) is 2. The Morgan fingerprint density at radius 1 is 1.20 bits per heavy atom. The molecule has 1 amide bonds. The second-order valence-electron chi connectivity index (χ2n) is 5.90. The second kappa shape index (κ2) is 6.84. The van der Waals surface area contributed by atoms with Gasteiger partial charge >= 0.3 is 5.97 Å². The zero-order valence-corrected chi connectivity index (χ0v) is 14.1. The van der Waals surface area contributed by atoms with Crippen LogP contribution < -0.4 is 14.4 Å². The highest BCUT2D eigenvalue weighted by molar-refractivity contribution is 5.99.